The molecule has 0 saturated carbocycles. The summed E-state index contributed by atoms with van der Waals surface area (Å²) in [5, 5.41) is 29.3. The average Bonchev–Trinajstić information content (AvgIpc) is 2.55. The molecule has 0 saturated heterocycles. The molecule has 0 aromatic heterocycles. The number of rotatable bonds is 2. The molecule has 0 fully saturated rings. The lowest BCUT2D eigenvalue weighted by Gasteiger charge is -2.46. The molecular formula is C20H26N4. The molecular weight excluding hydrogens is 296 g/mol. The minimum absolute atomic E-state index is 0.0594. The van der Waals surface area contributed by atoms with Gasteiger partial charge in [-0.15, -0.1) is 0 Å². The van der Waals surface area contributed by atoms with Crippen molar-refractivity contribution in [2.45, 2.75) is 53.4 Å². The van der Waals surface area contributed by atoms with E-state index in [9.17, 15) is 15.8 Å². The van der Waals surface area contributed by atoms with Crippen molar-refractivity contribution in [1.82, 2.24) is 0 Å². The first-order chi connectivity index (χ1) is 11.3. The van der Waals surface area contributed by atoms with Gasteiger partial charge in [-0.05, 0) is 42.1 Å². The summed E-state index contributed by atoms with van der Waals surface area (Å²) in [5.41, 5.74) is 6.47. The van der Waals surface area contributed by atoms with Gasteiger partial charge in [0.15, 0.2) is 5.41 Å². The smallest absolute Gasteiger partial charge is 0.187 e. The second-order valence-corrected chi connectivity index (χ2v) is 8.13. The molecule has 24 heavy (non-hydrogen) atoms. The number of nitrogens with zero attached hydrogens (tertiary/aromatic N) is 3. The molecule has 126 valence electrons. The van der Waals surface area contributed by atoms with Crippen molar-refractivity contribution in [3.05, 3.63) is 22.9 Å². The Morgan fingerprint density at radius 3 is 2.33 bits per heavy atom. The molecule has 2 aliphatic rings. The summed E-state index contributed by atoms with van der Waals surface area (Å²) in [4.78, 5) is 0. The predicted molar refractivity (Wildman–Crippen MR) is 92.6 cm³/mol. The monoisotopic (exact) mass is 322 g/mol. The van der Waals surface area contributed by atoms with Crippen LogP contribution in [0.4, 0.5) is 0 Å². The van der Waals surface area contributed by atoms with Crippen molar-refractivity contribution in [3.63, 3.8) is 0 Å². The molecule has 2 N–H and O–H groups in total. The zero-order valence-corrected chi connectivity index (χ0v) is 15.1. The number of nitrogens with two attached hydrogens (primary N) is 1. The van der Waals surface area contributed by atoms with Crippen LogP contribution in [0.3, 0.4) is 0 Å². The molecule has 0 radical (unpaired) electrons. The fourth-order valence-corrected chi connectivity index (χ4v) is 4.34. The van der Waals surface area contributed by atoms with Crippen LogP contribution in [0.25, 0.3) is 0 Å². The number of nitriles is 3. The summed E-state index contributed by atoms with van der Waals surface area (Å²) in [5.74, 6) is 0.384. The standard InChI is InChI=1S/C20H26N4/c1-5-6-17-15-9-13(19(2,3)4)7-8-14(15)16(10-21)18(24)20(17,11-22)12-23/h8,13,15,17H,5-7,9,24H2,1-4H3. The molecule has 0 spiro atoms. The summed E-state index contributed by atoms with van der Waals surface area (Å²) in [6.07, 6.45) is 5.60. The predicted octanol–water partition coefficient (Wildman–Crippen LogP) is 4.18. The molecule has 0 amide bonds. The van der Waals surface area contributed by atoms with E-state index in [1.807, 2.05) is 0 Å². The minimum Gasteiger partial charge on any atom is -0.399 e. The van der Waals surface area contributed by atoms with Gasteiger partial charge >= 0.3 is 0 Å². The molecule has 0 aromatic rings. The highest BCUT2D eigenvalue weighted by atomic mass is 14.7. The van der Waals surface area contributed by atoms with Crippen LogP contribution in [0.5, 0.6) is 0 Å². The van der Waals surface area contributed by atoms with Crippen LogP contribution in [0.15, 0.2) is 22.9 Å². The van der Waals surface area contributed by atoms with E-state index in [2.05, 4.69) is 52.0 Å². The first-order valence-electron chi connectivity index (χ1n) is 8.70. The average molecular weight is 322 g/mol. The topological polar surface area (TPSA) is 97.4 Å². The third-order valence-corrected chi connectivity index (χ3v) is 5.87. The third-order valence-electron chi connectivity index (χ3n) is 5.87. The Labute approximate surface area is 145 Å². The third kappa shape index (κ3) is 2.59. The van der Waals surface area contributed by atoms with Crippen LogP contribution in [-0.2, 0) is 0 Å². The van der Waals surface area contributed by atoms with Crippen molar-refractivity contribution in [2.75, 3.05) is 0 Å². The van der Waals surface area contributed by atoms with Gasteiger partial charge in [0.1, 0.15) is 6.07 Å². The number of allylic oxidation sites excluding steroid dienone is 4. The fraction of sp³-hybridized carbons (Fsp3) is 0.650. The normalized spacial score (nSPS) is 28.9. The van der Waals surface area contributed by atoms with Crippen LogP contribution in [0.2, 0.25) is 0 Å². The second-order valence-electron chi connectivity index (χ2n) is 8.13. The lowest BCUT2D eigenvalue weighted by Crippen LogP contribution is -2.45. The van der Waals surface area contributed by atoms with Crippen molar-refractivity contribution in [2.24, 2.45) is 34.3 Å². The maximum absolute atomic E-state index is 9.82. The molecule has 0 bridgehead atoms. The molecule has 4 heteroatoms. The number of fused-ring (bicyclic) bond motifs is 1. The zero-order valence-electron chi connectivity index (χ0n) is 15.1. The van der Waals surface area contributed by atoms with Crippen LogP contribution in [0.1, 0.15) is 53.4 Å². The summed E-state index contributed by atoms with van der Waals surface area (Å²) in [7, 11) is 0. The molecule has 2 rings (SSSR count). The van der Waals surface area contributed by atoms with Gasteiger partial charge in [-0.3, -0.25) is 0 Å². The molecule has 0 heterocycles. The summed E-state index contributed by atoms with van der Waals surface area (Å²) >= 11 is 0. The Balaban J connectivity index is 2.67. The fourth-order valence-electron chi connectivity index (χ4n) is 4.34. The highest BCUT2D eigenvalue weighted by molar-refractivity contribution is 5.56. The Morgan fingerprint density at radius 2 is 1.88 bits per heavy atom. The molecule has 4 nitrogen and oxygen atoms in total. The lowest BCUT2D eigenvalue weighted by atomic mass is 9.55. The van der Waals surface area contributed by atoms with Crippen molar-refractivity contribution in [1.29, 1.82) is 15.8 Å². The minimum atomic E-state index is -1.39. The van der Waals surface area contributed by atoms with Gasteiger partial charge < -0.3 is 5.73 Å². The van der Waals surface area contributed by atoms with Crippen molar-refractivity contribution < 1.29 is 0 Å². The SMILES string of the molecule is CCCC1C2CC(C(C)(C)C)CC=C2C(C#N)=C(N)C1(C#N)C#N. The Bertz CT molecular complexity index is 686. The van der Waals surface area contributed by atoms with Gasteiger partial charge in [0.05, 0.1) is 23.4 Å². The summed E-state index contributed by atoms with van der Waals surface area (Å²) < 4.78 is 0. The Kier molecular flexibility index (Phi) is 4.77. The maximum Gasteiger partial charge on any atom is 0.187 e. The van der Waals surface area contributed by atoms with Crippen LogP contribution in [-0.4, -0.2) is 0 Å². The Hall–Kier alpha value is -2.25. The molecule has 0 aliphatic heterocycles. The summed E-state index contributed by atoms with van der Waals surface area (Å²) in [6.45, 7) is 8.74. The van der Waals surface area contributed by atoms with E-state index >= 15 is 0 Å². The van der Waals surface area contributed by atoms with Gasteiger partial charge in [0, 0.05) is 5.92 Å². The first-order valence-corrected chi connectivity index (χ1v) is 8.70. The highest BCUT2D eigenvalue weighted by Gasteiger charge is 2.53. The first kappa shape index (κ1) is 18.1. The quantitative estimate of drug-likeness (QED) is 0.824. The number of hydrogen-bond acceptors (Lipinski definition) is 4. The van der Waals surface area contributed by atoms with Crippen LogP contribution < -0.4 is 5.73 Å². The lowest BCUT2D eigenvalue weighted by molar-refractivity contribution is 0.137. The van der Waals surface area contributed by atoms with Gasteiger partial charge in [0.25, 0.3) is 0 Å². The molecule has 3 unspecified atom stereocenters. The van der Waals surface area contributed by atoms with E-state index in [1.54, 1.807) is 0 Å². The summed E-state index contributed by atoms with van der Waals surface area (Å²) in [6, 6.07) is 6.54. The van der Waals surface area contributed by atoms with Gasteiger partial charge in [0.2, 0.25) is 0 Å². The molecule has 3 atom stereocenters. The van der Waals surface area contributed by atoms with E-state index in [4.69, 9.17) is 5.73 Å². The van der Waals surface area contributed by atoms with Crippen LogP contribution in [0, 0.1) is 62.6 Å². The van der Waals surface area contributed by atoms with Gasteiger partial charge in [-0.25, -0.2) is 0 Å². The van der Waals surface area contributed by atoms with E-state index < -0.39 is 5.41 Å². The van der Waals surface area contributed by atoms with Crippen molar-refractivity contribution in [3.8, 4) is 18.2 Å². The Morgan fingerprint density at radius 1 is 1.25 bits per heavy atom. The highest BCUT2D eigenvalue weighted by Crippen LogP contribution is 2.55. The second kappa shape index (κ2) is 6.33. The molecule has 0 aromatic carbocycles. The van der Waals surface area contributed by atoms with E-state index in [0.717, 1.165) is 31.3 Å². The van der Waals surface area contributed by atoms with Crippen LogP contribution >= 0.6 is 0 Å². The van der Waals surface area contributed by atoms with Gasteiger partial charge in [-0.2, -0.15) is 15.8 Å². The number of hydrogen-bond donors (Lipinski definition) is 1. The zero-order chi connectivity index (χ0) is 18.1. The maximum atomic E-state index is 9.82. The molecule has 2 aliphatic carbocycles. The van der Waals surface area contributed by atoms with Gasteiger partial charge in [-0.1, -0.05) is 40.2 Å². The largest absolute Gasteiger partial charge is 0.399 e. The van der Waals surface area contributed by atoms with E-state index in [0.29, 0.717) is 11.5 Å². The van der Waals surface area contributed by atoms with E-state index in [1.165, 1.54) is 0 Å². The van der Waals surface area contributed by atoms with E-state index in [-0.39, 0.29) is 22.9 Å². The van der Waals surface area contributed by atoms with Crippen molar-refractivity contribution >= 4 is 0 Å².